The highest BCUT2D eigenvalue weighted by Crippen LogP contribution is 2.46. The highest BCUT2D eigenvalue weighted by Gasteiger charge is 2.34. The Hall–Kier alpha value is -3.36. The van der Waals surface area contributed by atoms with Crippen molar-refractivity contribution in [1.82, 2.24) is 0 Å². The molecule has 0 saturated heterocycles. The Kier molecular flexibility index (Phi) is 31.4. The molecule has 3 nitrogen and oxygen atoms in total. The van der Waals surface area contributed by atoms with Gasteiger partial charge in [0.15, 0.2) is 34.7 Å². The van der Waals surface area contributed by atoms with Gasteiger partial charge in [0.05, 0.1) is 19.8 Å². The van der Waals surface area contributed by atoms with E-state index in [1.165, 1.54) is 161 Å². The molecule has 0 bridgehead atoms. The van der Waals surface area contributed by atoms with Crippen LogP contribution in [-0.4, -0.2) is 19.8 Å². The van der Waals surface area contributed by atoms with Crippen LogP contribution in [0.15, 0.2) is 36.4 Å². The summed E-state index contributed by atoms with van der Waals surface area (Å²) in [5, 5.41) is 0. The molecule has 0 spiro atoms. The van der Waals surface area contributed by atoms with E-state index in [4.69, 9.17) is 14.2 Å². The summed E-state index contributed by atoms with van der Waals surface area (Å²) in [7, 11) is 0. The van der Waals surface area contributed by atoms with Gasteiger partial charge in [-0.25, -0.2) is 13.2 Å². The number of rotatable bonds is 27. The fraction of sp³-hybridized carbons (Fsp3) is 0.769. The van der Waals surface area contributed by atoms with E-state index in [0.717, 1.165) is 124 Å². The summed E-state index contributed by atoms with van der Waals surface area (Å²) < 4.78 is 103. The van der Waals surface area contributed by atoms with Crippen molar-refractivity contribution >= 4 is 0 Å². The van der Waals surface area contributed by atoms with E-state index in [9.17, 15) is 26.3 Å². The lowest BCUT2D eigenvalue weighted by molar-refractivity contribution is 0.120. The van der Waals surface area contributed by atoms with Crippen LogP contribution in [0.3, 0.4) is 0 Å². The molecule has 0 aliphatic heterocycles. The summed E-state index contributed by atoms with van der Waals surface area (Å²) in [5.74, 6) is 5.40. The zero-order chi connectivity index (χ0) is 61.9. The summed E-state index contributed by atoms with van der Waals surface area (Å²) in [5.41, 5.74) is 1.39. The molecule has 6 fully saturated rings. The van der Waals surface area contributed by atoms with Gasteiger partial charge in [-0.1, -0.05) is 162 Å². The van der Waals surface area contributed by atoms with Crippen molar-refractivity contribution in [3.05, 3.63) is 88.0 Å². The van der Waals surface area contributed by atoms with Crippen LogP contribution < -0.4 is 14.2 Å². The predicted molar refractivity (Wildman–Crippen MR) is 349 cm³/mol. The van der Waals surface area contributed by atoms with Crippen LogP contribution >= 0.6 is 0 Å². The Balaban J connectivity index is 0.000000187. The molecular formula is C78H120F6O3. The molecule has 0 aromatic heterocycles. The maximum atomic E-state index is 14.4. The van der Waals surface area contributed by atoms with Gasteiger partial charge in [0.2, 0.25) is 17.5 Å². The number of unbranched alkanes of at least 4 members (excludes halogenated alkanes) is 4. The molecule has 0 heterocycles. The van der Waals surface area contributed by atoms with E-state index >= 15 is 0 Å². The van der Waals surface area contributed by atoms with Crippen molar-refractivity contribution in [3.8, 4) is 17.2 Å². The van der Waals surface area contributed by atoms with Gasteiger partial charge >= 0.3 is 0 Å². The van der Waals surface area contributed by atoms with Crippen molar-refractivity contribution in [3.63, 3.8) is 0 Å². The second-order valence-corrected chi connectivity index (χ2v) is 28.8. The highest BCUT2D eigenvalue weighted by atomic mass is 19.2. The van der Waals surface area contributed by atoms with Gasteiger partial charge in [-0.15, -0.1) is 0 Å². The van der Waals surface area contributed by atoms with E-state index in [1.54, 1.807) is 36.4 Å². The van der Waals surface area contributed by atoms with Gasteiger partial charge in [-0.2, -0.15) is 13.2 Å². The van der Waals surface area contributed by atoms with Crippen LogP contribution in [0.25, 0.3) is 0 Å². The quantitative estimate of drug-likeness (QED) is 0.0562. The number of hydrogen-bond acceptors (Lipinski definition) is 3. The van der Waals surface area contributed by atoms with Crippen molar-refractivity contribution in [1.29, 1.82) is 0 Å². The van der Waals surface area contributed by atoms with Crippen molar-refractivity contribution < 1.29 is 40.6 Å². The molecule has 3 aromatic rings. The van der Waals surface area contributed by atoms with Crippen LogP contribution in [0.2, 0.25) is 0 Å². The molecule has 492 valence electrons. The first-order valence-corrected chi connectivity index (χ1v) is 36.6. The number of halogens is 6. The first kappa shape index (κ1) is 71.1. The molecule has 6 aliphatic rings. The Morgan fingerprint density at radius 2 is 0.540 bits per heavy atom. The van der Waals surface area contributed by atoms with Crippen LogP contribution in [0.4, 0.5) is 26.3 Å². The molecule has 0 unspecified atom stereocenters. The third-order valence-corrected chi connectivity index (χ3v) is 22.7. The lowest BCUT2D eigenvalue weighted by Gasteiger charge is -2.37. The maximum absolute atomic E-state index is 14.4. The molecule has 9 rings (SSSR count). The smallest absolute Gasteiger partial charge is 0.200 e. The summed E-state index contributed by atoms with van der Waals surface area (Å²) in [6.07, 6.45) is 47.2. The van der Waals surface area contributed by atoms with Gasteiger partial charge in [0.1, 0.15) is 0 Å². The number of benzene rings is 3. The first-order valence-electron chi connectivity index (χ1n) is 36.6. The summed E-state index contributed by atoms with van der Waals surface area (Å²) in [6.45, 7) is 14.7. The average molecular weight is 1220 g/mol. The van der Waals surface area contributed by atoms with Crippen LogP contribution in [0.5, 0.6) is 17.2 Å². The minimum absolute atomic E-state index is 0.0775. The second-order valence-electron chi connectivity index (χ2n) is 28.8. The number of aryl methyl sites for hydroxylation is 3. The largest absolute Gasteiger partial charge is 0.490 e. The molecule has 9 heteroatoms. The molecular weight excluding hydrogens is 1100 g/mol. The van der Waals surface area contributed by atoms with Crippen molar-refractivity contribution in [2.75, 3.05) is 19.8 Å². The molecule has 0 radical (unpaired) electrons. The van der Waals surface area contributed by atoms with Gasteiger partial charge in [0.25, 0.3) is 0 Å². The van der Waals surface area contributed by atoms with Crippen molar-refractivity contribution in [2.45, 2.75) is 292 Å². The van der Waals surface area contributed by atoms with Gasteiger partial charge in [-0.3, -0.25) is 0 Å². The predicted octanol–water partition coefficient (Wildman–Crippen LogP) is 24.3. The third-order valence-electron chi connectivity index (χ3n) is 22.7. The van der Waals surface area contributed by atoms with E-state index in [2.05, 4.69) is 34.6 Å². The van der Waals surface area contributed by atoms with E-state index < -0.39 is 34.9 Å². The minimum atomic E-state index is -0.816. The van der Waals surface area contributed by atoms with E-state index in [1.807, 2.05) is 6.92 Å². The Bertz CT molecular complexity index is 2360. The lowest BCUT2D eigenvalue weighted by Crippen LogP contribution is -2.27. The molecule has 3 aromatic carbocycles. The van der Waals surface area contributed by atoms with Crippen LogP contribution in [0.1, 0.15) is 289 Å². The van der Waals surface area contributed by atoms with Crippen LogP contribution in [0, 0.1) is 106 Å². The maximum Gasteiger partial charge on any atom is 0.200 e. The minimum Gasteiger partial charge on any atom is -0.490 e. The normalized spacial score (nSPS) is 27.7. The van der Waals surface area contributed by atoms with Gasteiger partial charge in [0, 0.05) is 0 Å². The molecule has 0 N–H and O–H groups in total. The highest BCUT2D eigenvalue weighted by molar-refractivity contribution is 5.33. The average Bonchev–Trinajstić information content (AvgIpc) is 3.72. The lowest BCUT2D eigenvalue weighted by atomic mass is 9.69. The topological polar surface area (TPSA) is 27.7 Å². The summed E-state index contributed by atoms with van der Waals surface area (Å²) in [4.78, 5) is 0. The second kappa shape index (κ2) is 38.5. The zero-order valence-corrected chi connectivity index (χ0v) is 55.6. The van der Waals surface area contributed by atoms with Crippen molar-refractivity contribution in [2.24, 2.45) is 71.0 Å². The Morgan fingerprint density at radius 3 is 0.793 bits per heavy atom. The first-order chi connectivity index (χ1) is 42.4. The summed E-state index contributed by atoms with van der Waals surface area (Å²) in [6, 6.07) is 9.92. The Labute approximate surface area is 526 Å². The summed E-state index contributed by atoms with van der Waals surface area (Å²) >= 11 is 0. The molecule has 6 aliphatic carbocycles. The van der Waals surface area contributed by atoms with Gasteiger partial charge < -0.3 is 14.2 Å². The molecule has 0 amide bonds. The fourth-order valence-electron chi connectivity index (χ4n) is 16.9. The zero-order valence-electron chi connectivity index (χ0n) is 55.6. The van der Waals surface area contributed by atoms with Crippen LogP contribution in [-0.2, 0) is 19.3 Å². The number of ether oxygens (including phenoxy) is 3. The monoisotopic (exact) mass is 1220 g/mol. The fourth-order valence-corrected chi connectivity index (χ4v) is 16.9. The Morgan fingerprint density at radius 1 is 0.276 bits per heavy atom. The van der Waals surface area contributed by atoms with E-state index in [-0.39, 0.29) is 17.2 Å². The SMILES string of the molecule is CCCCCc1ccc(OCC2CCC(C3CCC(CC)CC3)CC2)c(F)c1F.CCCCCc1ccc(OCC2CCC(C3CCC(CCC)CC3)CC2)c(F)c1F.CCCc1ccc(OCC2CCC(C3CCC(CCC)CC3)CC2)c(F)c1F. The molecule has 87 heavy (non-hydrogen) atoms. The molecule has 6 saturated carbocycles. The third kappa shape index (κ3) is 22.2. The molecule has 0 atom stereocenters. The van der Waals surface area contributed by atoms with Gasteiger partial charge in [-0.05, 0) is 254 Å². The standard InChI is InChI=1S/C27H42F2O.C26H40F2O.C25H38F2O/c1-3-5-6-8-24-17-18-25(27(29)26(24)28)30-19-21-11-15-23(16-12-21)22-13-9-20(7-4-2)10-14-22;1-3-5-6-7-23-16-17-24(26(28)25(23)27)29-18-20-10-14-22(15-11-20)21-12-8-19(4-2)9-13-21;1-3-5-18-7-11-20(12-8-18)21-13-9-19(10-14-21)17-28-23-16-15-22(6-4-2)24(26)25(23)27/h17-18,20-23H,3-16,19H2,1-2H3;16-17,19-22H,3-15,18H2,1-2H3;15-16,18-21H,3-14,17H2,1-2H3. The van der Waals surface area contributed by atoms with E-state index in [0.29, 0.717) is 73.5 Å². The number of hydrogen-bond donors (Lipinski definition) is 0.